The van der Waals surface area contributed by atoms with Crippen molar-refractivity contribution in [3.05, 3.63) is 64.7 Å². The highest BCUT2D eigenvalue weighted by Crippen LogP contribution is 2.40. The molecule has 7 nitrogen and oxygen atoms in total. The fourth-order valence-corrected chi connectivity index (χ4v) is 4.58. The molecule has 32 heavy (non-hydrogen) atoms. The van der Waals surface area contributed by atoms with Crippen LogP contribution in [-0.4, -0.2) is 48.3 Å². The largest absolute Gasteiger partial charge is 0.469 e. The number of hydrogen-bond acceptors (Lipinski definition) is 5. The lowest BCUT2D eigenvalue weighted by Gasteiger charge is -2.38. The van der Waals surface area contributed by atoms with Crippen molar-refractivity contribution >= 4 is 29.4 Å². The standard InChI is InChI=1S/C25H26N2O5/c1-14(2)13-26-23(29)18-10-9-16(12-19(18)24(26)30)22(28)27-15(3)11-20(25(31)32-4)17-7-5-6-8-21(17)27/h5-10,12,14-15,20H,11,13H2,1-4H3. The van der Waals surface area contributed by atoms with Crippen molar-refractivity contribution in [2.75, 3.05) is 18.6 Å². The fourth-order valence-electron chi connectivity index (χ4n) is 4.58. The molecule has 2 unspecified atom stereocenters. The first-order chi connectivity index (χ1) is 15.2. The van der Waals surface area contributed by atoms with Crippen LogP contribution >= 0.6 is 0 Å². The van der Waals surface area contributed by atoms with Crippen molar-refractivity contribution in [2.24, 2.45) is 5.92 Å². The summed E-state index contributed by atoms with van der Waals surface area (Å²) in [5.41, 5.74) is 2.30. The van der Waals surface area contributed by atoms with Gasteiger partial charge in [0.25, 0.3) is 17.7 Å². The van der Waals surface area contributed by atoms with Gasteiger partial charge in [0.05, 0.1) is 24.2 Å². The van der Waals surface area contributed by atoms with Gasteiger partial charge in [0.1, 0.15) is 0 Å². The Kier molecular flexibility index (Phi) is 5.59. The van der Waals surface area contributed by atoms with Crippen LogP contribution in [0.3, 0.4) is 0 Å². The molecule has 2 aromatic carbocycles. The Morgan fingerprint density at radius 3 is 2.44 bits per heavy atom. The number of carbonyl (C=O) groups excluding carboxylic acids is 4. The van der Waals surface area contributed by atoms with Gasteiger partial charge in [-0.25, -0.2) is 0 Å². The van der Waals surface area contributed by atoms with E-state index < -0.39 is 5.92 Å². The van der Waals surface area contributed by atoms with E-state index >= 15 is 0 Å². The minimum absolute atomic E-state index is 0.145. The number of hydrogen-bond donors (Lipinski definition) is 0. The zero-order valence-corrected chi connectivity index (χ0v) is 18.6. The first-order valence-electron chi connectivity index (χ1n) is 10.7. The molecule has 0 fully saturated rings. The predicted octanol–water partition coefficient (Wildman–Crippen LogP) is 3.63. The molecular formula is C25H26N2O5. The lowest BCUT2D eigenvalue weighted by atomic mass is 9.85. The third-order valence-corrected chi connectivity index (χ3v) is 6.06. The number of esters is 1. The molecule has 0 aromatic heterocycles. The molecule has 0 bridgehead atoms. The summed E-state index contributed by atoms with van der Waals surface area (Å²) in [5.74, 6) is -1.60. The molecule has 3 amide bonds. The number of rotatable bonds is 4. The van der Waals surface area contributed by atoms with E-state index in [1.165, 1.54) is 18.1 Å². The maximum absolute atomic E-state index is 13.6. The Bertz CT molecular complexity index is 1120. The second-order valence-corrected chi connectivity index (χ2v) is 8.77. The summed E-state index contributed by atoms with van der Waals surface area (Å²) in [4.78, 5) is 54.3. The zero-order valence-electron chi connectivity index (χ0n) is 18.6. The first-order valence-corrected chi connectivity index (χ1v) is 10.7. The van der Waals surface area contributed by atoms with Crippen molar-refractivity contribution in [2.45, 2.75) is 39.2 Å². The maximum atomic E-state index is 13.6. The first kappa shape index (κ1) is 21.7. The number of ether oxygens (including phenoxy) is 1. The second kappa shape index (κ2) is 8.22. The third kappa shape index (κ3) is 3.47. The number of para-hydroxylation sites is 1. The highest BCUT2D eigenvalue weighted by Gasteiger charge is 2.39. The number of amides is 3. The fraction of sp³-hybridized carbons (Fsp3) is 0.360. The number of benzene rings is 2. The van der Waals surface area contributed by atoms with Crippen LogP contribution < -0.4 is 4.90 Å². The topological polar surface area (TPSA) is 84.0 Å². The molecule has 0 saturated heterocycles. The van der Waals surface area contributed by atoms with Gasteiger partial charge in [-0.2, -0.15) is 0 Å². The quantitative estimate of drug-likeness (QED) is 0.542. The van der Waals surface area contributed by atoms with Gasteiger partial charge in [0, 0.05) is 23.8 Å². The summed E-state index contributed by atoms with van der Waals surface area (Å²) in [5, 5.41) is 0. The van der Waals surface area contributed by atoms with E-state index in [0.717, 1.165) is 5.56 Å². The van der Waals surface area contributed by atoms with E-state index in [1.54, 1.807) is 17.0 Å². The van der Waals surface area contributed by atoms with Crippen LogP contribution in [0.2, 0.25) is 0 Å². The van der Waals surface area contributed by atoms with Crippen LogP contribution in [0.1, 0.15) is 69.7 Å². The molecule has 2 aliphatic heterocycles. The minimum atomic E-state index is -0.445. The molecule has 166 valence electrons. The Labute approximate surface area is 187 Å². The Balaban J connectivity index is 1.70. The number of anilines is 1. The van der Waals surface area contributed by atoms with E-state index in [0.29, 0.717) is 29.8 Å². The number of imide groups is 1. The van der Waals surface area contributed by atoms with Gasteiger partial charge in [-0.05, 0) is 49.1 Å². The molecule has 4 rings (SSSR count). The van der Waals surface area contributed by atoms with Crippen molar-refractivity contribution in [3.63, 3.8) is 0 Å². The maximum Gasteiger partial charge on any atom is 0.313 e. The average molecular weight is 434 g/mol. The second-order valence-electron chi connectivity index (χ2n) is 8.77. The highest BCUT2D eigenvalue weighted by atomic mass is 16.5. The van der Waals surface area contributed by atoms with Crippen molar-refractivity contribution in [1.29, 1.82) is 0 Å². The smallest absolute Gasteiger partial charge is 0.313 e. The molecule has 0 N–H and O–H groups in total. The Morgan fingerprint density at radius 2 is 1.75 bits per heavy atom. The molecular weight excluding hydrogens is 408 g/mol. The monoisotopic (exact) mass is 434 g/mol. The molecule has 2 aromatic rings. The van der Waals surface area contributed by atoms with Crippen LogP contribution in [0.15, 0.2) is 42.5 Å². The number of fused-ring (bicyclic) bond motifs is 2. The van der Waals surface area contributed by atoms with Crippen molar-refractivity contribution in [3.8, 4) is 0 Å². The van der Waals surface area contributed by atoms with Gasteiger partial charge >= 0.3 is 5.97 Å². The van der Waals surface area contributed by atoms with E-state index in [1.807, 2.05) is 45.0 Å². The minimum Gasteiger partial charge on any atom is -0.469 e. The highest BCUT2D eigenvalue weighted by molar-refractivity contribution is 6.22. The molecule has 2 atom stereocenters. The zero-order chi connectivity index (χ0) is 23.2. The summed E-state index contributed by atoms with van der Waals surface area (Å²) >= 11 is 0. The van der Waals surface area contributed by atoms with Gasteiger partial charge in [0.15, 0.2) is 0 Å². The van der Waals surface area contributed by atoms with E-state index in [9.17, 15) is 19.2 Å². The van der Waals surface area contributed by atoms with E-state index in [-0.39, 0.29) is 41.2 Å². The summed E-state index contributed by atoms with van der Waals surface area (Å²) in [6.07, 6.45) is 0.431. The summed E-state index contributed by atoms with van der Waals surface area (Å²) < 4.78 is 4.97. The van der Waals surface area contributed by atoms with Gasteiger partial charge in [-0.15, -0.1) is 0 Å². The molecule has 7 heteroatoms. The molecule has 2 heterocycles. The average Bonchev–Trinajstić information content (AvgIpc) is 3.01. The van der Waals surface area contributed by atoms with E-state index in [2.05, 4.69) is 0 Å². The predicted molar refractivity (Wildman–Crippen MR) is 119 cm³/mol. The van der Waals surface area contributed by atoms with Crippen LogP contribution in [0.25, 0.3) is 0 Å². The molecule has 0 saturated carbocycles. The van der Waals surface area contributed by atoms with Crippen LogP contribution in [0, 0.1) is 5.92 Å². The Morgan fingerprint density at radius 1 is 1.06 bits per heavy atom. The summed E-state index contributed by atoms with van der Waals surface area (Å²) in [7, 11) is 1.36. The lowest BCUT2D eigenvalue weighted by molar-refractivity contribution is -0.142. The van der Waals surface area contributed by atoms with Gasteiger partial charge < -0.3 is 9.64 Å². The lowest BCUT2D eigenvalue weighted by Crippen LogP contribution is -2.44. The third-order valence-electron chi connectivity index (χ3n) is 6.06. The van der Waals surface area contributed by atoms with Gasteiger partial charge in [-0.3, -0.25) is 24.1 Å². The van der Waals surface area contributed by atoms with Gasteiger partial charge in [-0.1, -0.05) is 32.0 Å². The number of carbonyl (C=O) groups is 4. The summed E-state index contributed by atoms with van der Waals surface area (Å²) in [6.45, 7) is 6.10. The number of methoxy groups -OCH3 is 1. The van der Waals surface area contributed by atoms with Crippen LogP contribution in [0.5, 0.6) is 0 Å². The molecule has 2 aliphatic rings. The van der Waals surface area contributed by atoms with Crippen molar-refractivity contribution < 1.29 is 23.9 Å². The van der Waals surface area contributed by atoms with Crippen LogP contribution in [0.4, 0.5) is 5.69 Å². The van der Waals surface area contributed by atoms with Crippen molar-refractivity contribution in [1.82, 2.24) is 4.90 Å². The van der Waals surface area contributed by atoms with Gasteiger partial charge in [0.2, 0.25) is 0 Å². The summed E-state index contributed by atoms with van der Waals surface area (Å²) in [6, 6.07) is 11.7. The number of nitrogens with zero attached hydrogens (tertiary/aromatic N) is 2. The van der Waals surface area contributed by atoms with E-state index in [4.69, 9.17) is 4.74 Å². The molecule has 0 radical (unpaired) electrons. The normalized spacial score (nSPS) is 19.8. The SMILES string of the molecule is COC(=O)C1CC(C)N(C(=O)c2ccc3c(c2)C(=O)N(CC(C)C)C3=O)c2ccccc21. The molecule has 0 aliphatic carbocycles. The Hall–Kier alpha value is -3.48. The molecule has 0 spiro atoms. The van der Waals surface area contributed by atoms with Crippen LogP contribution in [-0.2, 0) is 9.53 Å².